The van der Waals surface area contributed by atoms with Crippen molar-refractivity contribution in [1.29, 1.82) is 0 Å². The lowest BCUT2D eigenvalue weighted by Crippen LogP contribution is -2.52. The Morgan fingerprint density at radius 3 is 2.76 bits per heavy atom. The second-order valence-corrected chi connectivity index (χ2v) is 8.62. The number of rotatable bonds is 15. The molecule has 2 aromatic rings. The largest absolute Gasteiger partial charge is 0.494 e. The summed E-state index contributed by atoms with van der Waals surface area (Å²) in [5.74, 6) is 0.557. The molecule has 196 valence electrons. The van der Waals surface area contributed by atoms with E-state index in [1.807, 2.05) is 0 Å². The molecule has 0 saturated heterocycles. The van der Waals surface area contributed by atoms with Gasteiger partial charge in [-0.3, -0.25) is 10.2 Å². The fraction of sp³-hybridized carbons (Fsp3) is 0.407. The van der Waals surface area contributed by atoms with Gasteiger partial charge < -0.3 is 14.6 Å². The Kier molecular flexibility index (Phi) is 10.5. The number of hydrogen-bond donors (Lipinski definition) is 3. The number of nitrogens with one attached hydrogen (secondary N) is 2. The Hall–Kier alpha value is -3.85. The fourth-order valence-corrected chi connectivity index (χ4v) is 4.08. The molecule has 10 nitrogen and oxygen atoms in total. The van der Waals surface area contributed by atoms with Crippen LogP contribution in [-0.4, -0.2) is 42.2 Å². The predicted octanol–water partition coefficient (Wildman–Crippen LogP) is 5.03. The first-order valence-electron chi connectivity index (χ1n) is 12.5. The van der Waals surface area contributed by atoms with Crippen LogP contribution in [0.2, 0.25) is 0 Å². The van der Waals surface area contributed by atoms with E-state index < -0.39 is 11.6 Å². The van der Waals surface area contributed by atoms with E-state index in [4.69, 9.17) is 25.1 Å². The van der Waals surface area contributed by atoms with Gasteiger partial charge >= 0.3 is 0 Å². The molecule has 0 saturated carbocycles. The Morgan fingerprint density at radius 1 is 1.27 bits per heavy atom. The molecule has 10 heteroatoms. The number of hydrazine groups is 1. The maximum absolute atomic E-state index is 13.7. The normalized spacial score (nSPS) is 18.3. The first-order valence-corrected chi connectivity index (χ1v) is 12.5. The van der Waals surface area contributed by atoms with Gasteiger partial charge in [-0.05, 0) is 36.2 Å². The van der Waals surface area contributed by atoms with Crippen molar-refractivity contribution in [3.63, 3.8) is 0 Å². The molecule has 1 aliphatic heterocycles. The van der Waals surface area contributed by atoms with Crippen LogP contribution in [0.15, 0.2) is 71.3 Å². The van der Waals surface area contributed by atoms with E-state index in [1.54, 1.807) is 54.6 Å². The SMILES string of the molecule is C=CC[C@]1(C(=O)NNCCCCC)N=C(c2ccc(OCCCO)cc2)O[C@H]1c1ccccc1N=[N+]=[N-]. The number of nitrogens with zero attached hydrogens (tertiary/aromatic N) is 4. The summed E-state index contributed by atoms with van der Waals surface area (Å²) in [4.78, 5) is 21.4. The molecule has 1 aliphatic rings. The smallest absolute Gasteiger partial charge is 0.266 e. The second kappa shape index (κ2) is 14.0. The molecule has 0 fully saturated rings. The van der Waals surface area contributed by atoms with Crippen molar-refractivity contribution in [1.82, 2.24) is 10.9 Å². The number of aliphatic imine (C=N–C) groups is 1. The summed E-state index contributed by atoms with van der Waals surface area (Å²) < 4.78 is 12.0. The summed E-state index contributed by atoms with van der Waals surface area (Å²) in [5.41, 5.74) is 15.1. The summed E-state index contributed by atoms with van der Waals surface area (Å²) in [7, 11) is 0. The molecule has 0 aromatic heterocycles. The van der Waals surface area contributed by atoms with Crippen LogP contribution in [0.25, 0.3) is 10.4 Å². The van der Waals surface area contributed by atoms with E-state index in [0.717, 1.165) is 19.3 Å². The fourth-order valence-electron chi connectivity index (χ4n) is 4.08. The molecule has 1 amide bonds. The van der Waals surface area contributed by atoms with Crippen LogP contribution in [0, 0.1) is 0 Å². The van der Waals surface area contributed by atoms with Crippen molar-refractivity contribution in [2.24, 2.45) is 10.1 Å². The number of aliphatic hydroxyl groups is 1. The molecule has 3 rings (SSSR count). The molecule has 3 N–H and O–H groups in total. The van der Waals surface area contributed by atoms with Gasteiger partial charge in [0.2, 0.25) is 5.90 Å². The zero-order chi connectivity index (χ0) is 26.5. The number of aliphatic hydroxyl groups excluding tert-OH is 1. The molecule has 2 aromatic carbocycles. The van der Waals surface area contributed by atoms with E-state index in [2.05, 4.69) is 34.4 Å². The second-order valence-electron chi connectivity index (χ2n) is 8.62. The maximum atomic E-state index is 13.7. The first kappa shape index (κ1) is 27.7. The van der Waals surface area contributed by atoms with Crippen molar-refractivity contribution in [2.75, 3.05) is 19.8 Å². The van der Waals surface area contributed by atoms with Gasteiger partial charge in [0, 0.05) is 47.7 Å². The van der Waals surface area contributed by atoms with Crippen molar-refractivity contribution < 1.29 is 19.4 Å². The third-order valence-electron chi connectivity index (χ3n) is 5.96. The van der Waals surface area contributed by atoms with Gasteiger partial charge in [-0.25, -0.2) is 10.4 Å². The molecule has 0 bridgehead atoms. The minimum atomic E-state index is -1.38. The Morgan fingerprint density at radius 2 is 2.05 bits per heavy atom. The van der Waals surface area contributed by atoms with Crippen LogP contribution < -0.4 is 15.6 Å². The molecule has 2 atom stereocenters. The first-order chi connectivity index (χ1) is 18.1. The van der Waals surface area contributed by atoms with Gasteiger partial charge in [-0.1, -0.05) is 55.2 Å². The number of amides is 1. The van der Waals surface area contributed by atoms with Crippen LogP contribution >= 0.6 is 0 Å². The summed E-state index contributed by atoms with van der Waals surface area (Å²) >= 11 is 0. The zero-order valence-electron chi connectivity index (χ0n) is 21.1. The Bertz CT molecular complexity index is 1130. The van der Waals surface area contributed by atoms with Crippen LogP contribution in [0.1, 0.15) is 56.3 Å². The van der Waals surface area contributed by atoms with Gasteiger partial charge in [0.1, 0.15) is 5.75 Å². The van der Waals surface area contributed by atoms with Gasteiger partial charge in [0.05, 0.1) is 6.61 Å². The van der Waals surface area contributed by atoms with Crippen LogP contribution in [0.3, 0.4) is 0 Å². The van der Waals surface area contributed by atoms with Gasteiger partial charge in [-0.15, -0.1) is 6.58 Å². The number of azide groups is 1. The van der Waals surface area contributed by atoms with Crippen LogP contribution in [-0.2, 0) is 9.53 Å². The monoisotopic (exact) mass is 506 g/mol. The lowest BCUT2D eigenvalue weighted by Gasteiger charge is -2.30. The average Bonchev–Trinajstić information content (AvgIpc) is 3.30. The van der Waals surface area contributed by atoms with Crippen molar-refractivity contribution in [3.05, 3.63) is 82.8 Å². The van der Waals surface area contributed by atoms with E-state index in [-0.39, 0.29) is 24.8 Å². The average molecular weight is 507 g/mol. The summed E-state index contributed by atoms with van der Waals surface area (Å²) in [6.07, 6.45) is 4.54. The number of benzene rings is 2. The number of hydrogen-bond acceptors (Lipinski definition) is 7. The number of carbonyl (C=O) groups excluding carboxylic acids is 1. The topological polar surface area (TPSA) is 141 Å². The van der Waals surface area contributed by atoms with Gasteiger partial charge in [-0.2, -0.15) is 0 Å². The standard InChI is InChI=1S/C27H34N6O4/c1-3-5-8-17-29-32-26(35)27(16-4-2)24(22-10-6-7-11-23(22)31-33-28)37-25(30-27)20-12-14-21(15-13-20)36-19-9-18-34/h4,6-7,10-15,24,29,34H,2-3,5,8-9,16-19H2,1H3,(H,32,35)/t24-,27-/m0/s1. The Labute approximate surface area is 217 Å². The van der Waals surface area contributed by atoms with Crippen LogP contribution in [0.5, 0.6) is 5.75 Å². The highest BCUT2D eigenvalue weighted by molar-refractivity contribution is 6.01. The van der Waals surface area contributed by atoms with Gasteiger partial charge in [0.15, 0.2) is 11.6 Å². The highest BCUT2D eigenvalue weighted by Gasteiger charge is 2.53. The van der Waals surface area contributed by atoms with Crippen LogP contribution in [0.4, 0.5) is 5.69 Å². The summed E-state index contributed by atoms with van der Waals surface area (Å²) in [6, 6.07) is 14.2. The van der Waals surface area contributed by atoms with Crippen molar-refractivity contribution >= 4 is 17.5 Å². The van der Waals surface area contributed by atoms with Crippen molar-refractivity contribution in [2.45, 2.75) is 50.7 Å². The zero-order valence-corrected chi connectivity index (χ0v) is 21.1. The highest BCUT2D eigenvalue weighted by atomic mass is 16.5. The summed E-state index contributed by atoms with van der Waals surface area (Å²) in [5, 5.41) is 12.8. The molecular formula is C27H34N6O4. The predicted molar refractivity (Wildman–Crippen MR) is 142 cm³/mol. The summed E-state index contributed by atoms with van der Waals surface area (Å²) in [6.45, 7) is 7.06. The number of carbonyl (C=O) groups is 1. The van der Waals surface area contributed by atoms with Gasteiger partial charge in [0.25, 0.3) is 5.91 Å². The maximum Gasteiger partial charge on any atom is 0.266 e. The number of ether oxygens (including phenoxy) is 2. The third-order valence-corrected chi connectivity index (χ3v) is 5.96. The highest BCUT2D eigenvalue weighted by Crippen LogP contribution is 2.45. The van der Waals surface area contributed by atoms with E-state index >= 15 is 0 Å². The minimum absolute atomic E-state index is 0.0579. The number of unbranched alkanes of at least 4 members (excludes halogenated alkanes) is 2. The molecule has 37 heavy (non-hydrogen) atoms. The molecule has 0 aliphatic carbocycles. The third kappa shape index (κ3) is 6.89. The van der Waals surface area contributed by atoms with E-state index in [1.165, 1.54) is 0 Å². The Balaban J connectivity index is 1.97. The molecule has 1 heterocycles. The molecule has 0 spiro atoms. The molecular weight excluding hydrogens is 472 g/mol. The molecule has 0 unspecified atom stereocenters. The van der Waals surface area contributed by atoms with Crippen molar-refractivity contribution in [3.8, 4) is 5.75 Å². The lowest BCUT2D eigenvalue weighted by atomic mass is 9.84. The van der Waals surface area contributed by atoms with E-state index in [9.17, 15) is 4.79 Å². The van der Waals surface area contributed by atoms with E-state index in [0.29, 0.717) is 42.1 Å². The lowest BCUT2D eigenvalue weighted by molar-refractivity contribution is -0.129. The molecule has 0 radical (unpaired) electrons. The quantitative estimate of drug-likeness (QED) is 0.0775. The minimum Gasteiger partial charge on any atom is -0.494 e.